The fourth-order valence-electron chi connectivity index (χ4n) is 2.01. The number of nitrogens with zero attached hydrogens (tertiary/aromatic N) is 1. The summed E-state index contributed by atoms with van der Waals surface area (Å²) < 4.78 is 0. The van der Waals surface area contributed by atoms with Gasteiger partial charge in [-0.05, 0) is 25.7 Å². The molecule has 2 rings (SSSR count). The minimum Gasteiger partial charge on any atom is -0.324 e. The fourth-order valence-corrected chi connectivity index (χ4v) is 2.71. The summed E-state index contributed by atoms with van der Waals surface area (Å²) in [6.45, 7) is 6.24. The summed E-state index contributed by atoms with van der Waals surface area (Å²) in [7, 11) is 0. The lowest BCUT2D eigenvalue weighted by molar-refractivity contribution is 0.376. The third kappa shape index (κ3) is 3.03. The highest BCUT2D eigenvalue weighted by molar-refractivity contribution is 7.09. The highest BCUT2D eigenvalue weighted by Gasteiger charge is 2.37. The maximum atomic E-state index is 6.25. The normalized spacial score (nSPS) is 21.7. The lowest BCUT2D eigenvalue weighted by atomic mass is 9.97. The maximum Gasteiger partial charge on any atom is 0.0965 e. The first-order valence-electron chi connectivity index (χ1n) is 5.98. The molecule has 1 fully saturated rings. The highest BCUT2D eigenvalue weighted by Crippen LogP contribution is 2.37. The topological polar surface area (TPSA) is 50.9 Å². The molecule has 1 aromatic heterocycles. The molecule has 3 nitrogen and oxygen atoms in total. The van der Waals surface area contributed by atoms with E-state index in [1.54, 1.807) is 11.3 Å². The van der Waals surface area contributed by atoms with Gasteiger partial charge >= 0.3 is 0 Å². The fraction of sp³-hybridized carbons (Fsp3) is 0.750. The molecule has 0 radical (unpaired) electrons. The van der Waals surface area contributed by atoms with Crippen LogP contribution >= 0.6 is 11.3 Å². The molecule has 1 aromatic rings. The van der Waals surface area contributed by atoms with E-state index in [4.69, 9.17) is 5.73 Å². The Morgan fingerprint density at radius 1 is 1.69 bits per heavy atom. The van der Waals surface area contributed by atoms with Gasteiger partial charge in [0.2, 0.25) is 0 Å². The zero-order chi connectivity index (χ0) is 11.6. The monoisotopic (exact) mass is 239 g/mol. The zero-order valence-corrected chi connectivity index (χ0v) is 10.9. The van der Waals surface area contributed by atoms with Crippen molar-refractivity contribution < 1.29 is 0 Å². The molecule has 0 bridgehead atoms. The van der Waals surface area contributed by atoms with Gasteiger partial charge in [0.05, 0.1) is 5.01 Å². The van der Waals surface area contributed by atoms with Gasteiger partial charge in [0.1, 0.15) is 0 Å². The average Bonchev–Trinajstić information content (AvgIpc) is 2.95. The molecule has 0 spiro atoms. The van der Waals surface area contributed by atoms with Crippen molar-refractivity contribution in [3.8, 4) is 0 Å². The molecule has 1 heterocycles. The molecule has 4 heteroatoms. The Kier molecular flexibility index (Phi) is 3.62. The number of hydrogen-bond acceptors (Lipinski definition) is 4. The predicted octanol–water partition coefficient (Wildman–Crippen LogP) is 1.96. The molecule has 1 aliphatic carbocycles. The Bertz CT molecular complexity index is 317. The summed E-state index contributed by atoms with van der Waals surface area (Å²) in [4.78, 5) is 4.33. The summed E-state index contributed by atoms with van der Waals surface area (Å²) >= 11 is 1.73. The van der Waals surface area contributed by atoms with Gasteiger partial charge in [0, 0.05) is 36.1 Å². The van der Waals surface area contributed by atoms with E-state index in [0.717, 1.165) is 19.0 Å². The van der Waals surface area contributed by atoms with E-state index in [1.165, 1.54) is 17.8 Å². The van der Waals surface area contributed by atoms with E-state index in [1.807, 2.05) is 11.6 Å². The van der Waals surface area contributed by atoms with Crippen molar-refractivity contribution in [3.63, 3.8) is 0 Å². The van der Waals surface area contributed by atoms with Crippen LogP contribution in [0.15, 0.2) is 11.6 Å². The minimum atomic E-state index is -0.0252. The summed E-state index contributed by atoms with van der Waals surface area (Å²) in [5.41, 5.74) is 6.23. The molecule has 1 aliphatic rings. The summed E-state index contributed by atoms with van der Waals surface area (Å²) in [5, 5.41) is 6.71. The average molecular weight is 239 g/mol. The number of aromatic nitrogens is 1. The first kappa shape index (κ1) is 12.0. The van der Waals surface area contributed by atoms with Crippen LogP contribution < -0.4 is 11.1 Å². The van der Waals surface area contributed by atoms with E-state index in [0.29, 0.717) is 5.92 Å². The van der Waals surface area contributed by atoms with E-state index in [2.05, 4.69) is 24.1 Å². The van der Waals surface area contributed by atoms with Gasteiger partial charge in [-0.3, -0.25) is 0 Å². The smallest absolute Gasteiger partial charge is 0.0965 e. The first-order valence-corrected chi connectivity index (χ1v) is 6.86. The molecule has 3 N–H and O–H groups in total. The molecule has 2 unspecified atom stereocenters. The quantitative estimate of drug-likeness (QED) is 0.798. The predicted molar refractivity (Wildman–Crippen MR) is 68.7 cm³/mol. The Morgan fingerprint density at radius 3 is 3.00 bits per heavy atom. The van der Waals surface area contributed by atoms with Crippen LogP contribution in [-0.4, -0.2) is 23.6 Å². The van der Waals surface area contributed by atoms with Crippen LogP contribution in [0.3, 0.4) is 0 Å². The van der Waals surface area contributed by atoms with Crippen LogP contribution in [0, 0.1) is 5.92 Å². The Morgan fingerprint density at radius 2 is 2.44 bits per heavy atom. The van der Waals surface area contributed by atoms with Crippen molar-refractivity contribution in [1.29, 1.82) is 0 Å². The van der Waals surface area contributed by atoms with Crippen molar-refractivity contribution in [2.75, 3.05) is 13.1 Å². The molecule has 16 heavy (non-hydrogen) atoms. The second kappa shape index (κ2) is 4.82. The third-order valence-electron chi connectivity index (χ3n) is 3.34. The van der Waals surface area contributed by atoms with Gasteiger partial charge in [-0.15, -0.1) is 11.3 Å². The molecule has 0 saturated heterocycles. The molecule has 0 aliphatic heterocycles. The Labute approximate surface area is 101 Å². The molecule has 0 amide bonds. The molecular weight excluding hydrogens is 218 g/mol. The lowest BCUT2D eigenvalue weighted by Crippen LogP contribution is -2.48. The van der Waals surface area contributed by atoms with Crippen molar-refractivity contribution in [2.24, 2.45) is 11.7 Å². The van der Waals surface area contributed by atoms with Crippen molar-refractivity contribution in [3.05, 3.63) is 16.6 Å². The van der Waals surface area contributed by atoms with Gasteiger partial charge in [0.25, 0.3) is 0 Å². The summed E-state index contributed by atoms with van der Waals surface area (Å²) in [5.74, 6) is 1.21. The minimum absolute atomic E-state index is 0.0252. The molecule has 2 atom stereocenters. The molecule has 90 valence electrons. The van der Waals surface area contributed by atoms with E-state index >= 15 is 0 Å². The maximum absolute atomic E-state index is 6.25. The van der Waals surface area contributed by atoms with E-state index < -0.39 is 0 Å². The molecule has 1 saturated carbocycles. The van der Waals surface area contributed by atoms with Gasteiger partial charge in [0.15, 0.2) is 0 Å². The summed E-state index contributed by atoms with van der Waals surface area (Å²) in [6, 6.07) is 0. The number of nitrogens with one attached hydrogen (secondary N) is 1. The van der Waals surface area contributed by atoms with Crippen LogP contribution in [0.1, 0.15) is 37.6 Å². The van der Waals surface area contributed by atoms with Gasteiger partial charge < -0.3 is 11.1 Å². The number of hydrogen-bond donors (Lipinski definition) is 2. The van der Waals surface area contributed by atoms with E-state index in [-0.39, 0.29) is 5.54 Å². The van der Waals surface area contributed by atoms with Crippen LogP contribution in [0.4, 0.5) is 0 Å². The summed E-state index contributed by atoms with van der Waals surface area (Å²) in [6.07, 6.45) is 4.47. The van der Waals surface area contributed by atoms with Crippen molar-refractivity contribution >= 4 is 11.3 Å². The van der Waals surface area contributed by atoms with Gasteiger partial charge in [-0.25, -0.2) is 4.98 Å². The lowest BCUT2D eigenvalue weighted by Gasteiger charge is -2.25. The van der Waals surface area contributed by atoms with E-state index in [9.17, 15) is 0 Å². The molecule has 0 aromatic carbocycles. The van der Waals surface area contributed by atoms with Crippen LogP contribution in [0.25, 0.3) is 0 Å². The van der Waals surface area contributed by atoms with Gasteiger partial charge in [-0.2, -0.15) is 0 Å². The van der Waals surface area contributed by atoms with Crippen LogP contribution in [0.5, 0.6) is 0 Å². The van der Waals surface area contributed by atoms with Crippen LogP contribution in [-0.2, 0) is 0 Å². The third-order valence-corrected chi connectivity index (χ3v) is 4.35. The molecular formula is C12H21N3S. The number of nitrogens with two attached hydrogens (primary N) is 1. The Balaban J connectivity index is 1.71. The zero-order valence-electron chi connectivity index (χ0n) is 10.1. The van der Waals surface area contributed by atoms with Crippen LogP contribution in [0.2, 0.25) is 0 Å². The van der Waals surface area contributed by atoms with Crippen molar-refractivity contribution in [1.82, 2.24) is 10.3 Å². The van der Waals surface area contributed by atoms with Crippen molar-refractivity contribution in [2.45, 2.75) is 38.1 Å². The largest absolute Gasteiger partial charge is 0.324 e. The second-order valence-corrected chi connectivity index (χ2v) is 6.11. The standard InChI is InChI=1S/C12H21N3S/c1-9(11-15-5-6-16-11)7-14-8-12(2,13)10-3-4-10/h5-6,9-10,14H,3-4,7-8,13H2,1-2H3. The first-order chi connectivity index (χ1) is 7.59. The highest BCUT2D eigenvalue weighted by atomic mass is 32.1. The number of rotatable bonds is 6. The number of thiazole rings is 1. The Hall–Kier alpha value is -0.450. The SMILES string of the molecule is CC(CNCC(C)(N)C1CC1)c1nccs1. The van der Waals surface area contributed by atoms with Gasteiger partial charge in [-0.1, -0.05) is 6.92 Å². The second-order valence-electron chi connectivity index (χ2n) is 5.18.